The Kier molecular flexibility index (Phi) is 6.18. The first kappa shape index (κ1) is 22.3. The van der Waals surface area contributed by atoms with Crippen LogP contribution in [0.2, 0.25) is 0 Å². The average Bonchev–Trinajstić information content (AvgIpc) is 3.37. The fourth-order valence-corrected chi connectivity index (χ4v) is 5.12. The van der Waals surface area contributed by atoms with Gasteiger partial charge in [-0.3, -0.25) is 9.69 Å². The van der Waals surface area contributed by atoms with Gasteiger partial charge in [0.2, 0.25) is 6.79 Å². The number of amides is 1. The van der Waals surface area contributed by atoms with Gasteiger partial charge in [0.1, 0.15) is 5.52 Å². The molecule has 0 bridgehead atoms. The van der Waals surface area contributed by atoms with Gasteiger partial charge in [-0.1, -0.05) is 23.5 Å². The van der Waals surface area contributed by atoms with Crippen LogP contribution in [0.5, 0.6) is 11.5 Å². The van der Waals surface area contributed by atoms with E-state index >= 15 is 0 Å². The number of para-hydroxylation sites is 1. The number of carbonyl (C=O) groups excluding carboxylic acids is 1. The van der Waals surface area contributed by atoms with E-state index in [0.29, 0.717) is 39.9 Å². The molecule has 0 atom stereocenters. The summed E-state index contributed by atoms with van der Waals surface area (Å²) in [7, 11) is 0.401. The number of hydrogen-bond donors (Lipinski definition) is 0. The quantitative estimate of drug-likeness (QED) is 0.487. The van der Waals surface area contributed by atoms with Crippen molar-refractivity contribution in [1.82, 2.24) is 9.88 Å². The normalized spacial score (nSPS) is 13.4. The summed E-state index contributed by atoms with van der Waals surface area (Å²) in [6, 6.07) is 10.5. The maximum Gasteiger partial charge on any atom is 0.252 e. The van der Waals surface area contributed by atoms with Crippen molar-refractivity contribution in [1.29, 1.82) is 0 Å². The summed E-state index contributed by atoms with van der Waals surface area (Å²) < 4.78 is 35.7. The van der Waals surface area contributed by atoms with Crippen LogP contribution in [0.3, 0.4) is 0 Å². The molecule has 0 saturated heterocycles. The van der Waals surface area contributed by atoms with Crippen LogP contribution in [0.25, 0.3) is 16.3 Å². The van der Waals surface area contributed by atoms with E-state index in [-0.39, 0.29) is 17.6 Å². The van der Waals surface area contributed by atoms with E-state index in [1.165, 1.54) is 23.5 Å². The van der Waals surface area contributed by atoms with Crippen LogP contribution in [-0.2, 0) is 14.6 Å². The van der Waals surface area contributed by atoms with Gasteiger partial charge >= 0.3 is 0 Å². The Balaban J connectivity index is 1.65. The van der Waals surface area contributed by atoms with Crippen molar-refractivity contribution < 1.29 is 22.7 Å². The number of carbonyl (C=O) groups is 1. The van der Waals surface area contributed by atoms with Gasteiger partial charge in [0.15, 0.2) is 26.5 Å². The monoisotopic (exact) mass is 473 g/mol. The van der Waals surface area contributed by atoms with Gasteiger partial charge in [0.25, 0.3) is 5.91 Å². The van der Waals surface area contributed by atoms with E-state index < -0.39 is 9.84 Å². The molecule has 0 saturated carbocycles. The van der Waals surface area contributed by atoms with E-state index in [1.54, 1.807) is 23.1 Å². The first-order chi connectivity index (χ1) is 15.2. The zero-order valence-corrected chi connectivity index (χ0v) is 19.6. The molecule has 10 heteroatoms. The molecule has 3 aromatic rings. The number of aromatic nitrogens is 1. The van der Waals surface area contributed by atoms with Crippen LogP contribution in [0, 0.1) is 0 Å². The topological polar surface area (TPSA) is 89.0 Å². The third-order valence-corrected chi connectivity index (χ3v) is 7.02. The average molecular weight is 474 g/mol. The molecule has 0 fully saturated rings. The molecule has 0 N–H and O–H groups in total. The van der Waals surface area contributed by atoms with Crippen molar-refractivity contribution in [2.75, 3.05) is 45.1 Å². The fourth-order valence-electron chi connectivity index (χ4n) is 3.20. The Morgan fingerprint density at radius 2 is 1.94 bits per heavy atom. The minimum Gasteiger partial charge on any atom is -0.454 e. The number of ether oxygens (including phenoxy) is 2. The molecule has 2 heterocycles. The molecule has 1 amide bonds. The Morgan fingerprint density at radius 1 is 1.16 bits per heavy atom. The summed E-state index contributed by atoms with van der Waals surface area (Å²) in [5.41, 5.74) is 1.19. The molecule has 2 aromatic carbocycles. The number of rotatable bonds is 7. The highest BCUT2D eigenvalue weighted by Crippen LogP contribution is 2.34. The van der Waals surface area contributed by atoms with Crippen LogP contribution < -0.4 is 14.4 Å². The second-order valence-electron chi connectivity index (χ2n) is 7.61. The molecule has 0 spiro atoms. The summed E-state index contributed by atoms with van der Waals surface area (Å²) in [5, 5.41) is 0.457. The standard InChI is InChI=1S/C22H23N3O5S2/c1-24(2)11-12-25(20(26)10-8-15-7-9-16-17(13-15)30-14-29-16)22-23-21-18(31-22)5-4-6-19(21)32(3,27)28/h4-10,13H,11-12,14H2,1-3H3/b10-8+. The largest absolute Gasteiger partial charge is 0.454 e. The first-order valence-corrected chi connectivity index (χ1v) is 12.6. The van der Waals surface area contributed by atoms with E-state index in [4.69, 9.17) is 9.47 Å². The third-order valence-electron chi connectivity index (χ3n) is 4.85. The molecule has 4 rings (SSSR count). The highest BCUT2D eigenvalue weighted by molar-refractivity contribution is 7.91. The minimum atomic E-state index is -3.44. The highest BCUT2D eigenvalue weighted by atomic mass is 32.2. The Bertz CT molecular complexity index is 1300. The lowest BCUT2D eigenvalue weighted by Gasteiger charge is -2.20. The molecule has 0 aliphatic carbocycles. The highest BCUT2D eigenvalue weighted by Gasteiger charge is 2.21. The first-order valence-electron chi connectivity index (χ1n) is 9.86. The summed E-state index contributed by atoms with van der Waals surface area (Å²) in [5.74, 6) is 1.07. The predicted octanol–water partition coefficient (Wildman–Crippen LogP) is 3.04. The maximum atomic E-state index is 13.1. The number of fused-ring (bicyclic) bond motifs is 2. The van der Waals surface area contributed by atoms with Crippen molar-refractivity contribution in [3.05, 3.63) is 48.0 Å². The summed E-state index contributed by atoms with van der Waals surface area (Å²) >= 11 is 1.29. The molecule has 1 aliphatic rings. The van der Waals surface area contributed by atoms with Gasteiger partial charge in [-0.15, -0.1) is 0 Å². The molecule has 0 unspecified atom stereocenters. The van der Waals surface area contributed by atoms with Crippen molar-refractivity contribution in [2.24, 2.45) is 0 Å². The van der Waals surface area contributed by atoms with E-state index in [9.17, 15) is 13.2 Å². The smallest absolute Gasteiger partial charge is 0.252 e. The zero-order chi connectivity index (χ0) is 22.9. The summed E-state index contributed by atoms with van der Waals surface area (Å²) in [6.07, 6.45) is 4.35. The van der Waals surface area contributed by atoms with Crippen molar-refractivity contribution >= 4 is 48.5 Å². The van der Waals surface area contributed by atoms with Crippen LogP contribution in [-0.4, -0.2) is 64.4 Å². The Labute approximate surface area is 190 Å². The maximum absolute atomic E-state index is 13.1. The lowest BCUT2D eigenvalue weighted by Crippen LogP contribution is -2.35. The van der Waals surface area contributed by atoms with Crippen LogP contribution >= 0.6 is 11.3 Å². The van der Waals surface area contributed by atoms with Crippen LogP contribution in [0.1, 0.15) is 5.56 Å². The lowest BCUT2D eigenvalue weighted by atomic mass is 10.2. The predicted molar refractivity (Wildman–Crippen MR) is 125 cm³/mol. The van der Waals surface area contributed by atoms with E-state index in [2.05, 4.69) is 4.98 Å². The number of sulfone groups is 1. The van der Waals surface area contributed by atoms with Crippen molar-refractivity contribution in [2.45, 2.75) is 4.90 Å². The van der Waals surface area contributed by atoms with Gasteiger partial charge in [-0.05, 0) is 50.0 Å². The molecule has 0 radical (unpaired) electrons. The van der Waals surface area contributed by atoms with Gasteiger partial charge in [-0.25, -0.2) is 13.4 Å². The third kappa shape index (κ3) is 4.77. The fraction of sp³-hybridized carbons (Fsp3) is 0.273. The number of thiazole rings is 1. The Hall–Kier alpha value is -2.95. The molecular formula is C22H23N3O5S2. The second-order valence-corrected chi connectivity index (χ2v) is 10.6. The molecule has 168 valence electrons. The van der Waals surface area contributed by atoms with Crippen LogP contribution in [0.15, 0.2) is 47.4 Å². The minimum absolute atomic E-state index is 0.161. The lowest BCUT2D eigenvalue weighted by molar-refractivity contribution is -0.114. The number of hydrogen-bond acceptors (Lipinski definition) is 8. The van der Waals surface area contributed by atoms with E-state index in [0.717, 1.165) is 11.8 Å². The molecule has 1 aliphatic heterocycles. The number of likely N-dealkylation sites (N-methyl/N-ethyl adjacent to an activating group) is 1. The second kappa shape index (κ2) is 8.89. The van der Waals surface area contributed by atoms with Crippen molar-refractivity contribution in [3.8, 4) is 11.5 Å². The number of benzene rings is 2. The SMILES string of the molecule is CN(C)CCN(C(=O)/C=C/c1ccc2c(c1)OCO2)c1nc2c(S(C)(=O)=O)cccc2s1. The van der Waals surface area contributed by atoms with Gasteiger partial charge in [0, 0.05) is 25.4 Å². The van der Waals surface area contributed by atoms with Gasteiger partial charge in [0.05, 0.1) is 9.60 Å². The van der Waals surface area contributed by atoms with Crippen LogP contribution in [0.4, 0.5) is 5.13 Å². The summed E-state index contributed by atoms with van der Waals surface area (Å²) in [6.45, 7) is 1.22. The van der Waals surface area contributed by atoms with Crippen molar-refractivity contribution in [3.63, 3.8) is 0 Å². The van der Waals surface area contributed by atoms with Gasteiger partial charge < -0.3 is 14.4 Å². The van der Waals surface area contributed by atoms with E-state index in [1.807, 2.05) is 37.2 Å². The zero-order valence-electron chi connectivity index (χ0n) is 17.9. The number of anilines is 1. The molecule has 8 nitrogen and oxygen atoms in total. The molecule has 32 heavy (non-hydrogen) atoms. The molecule has 1 aromatic heterocycles. The summed E-state index contributed by atoms with van der Waals surface area (Å²) in [4.78, 5) is 21.4. The number of nitrogens with zero attached hydrogens (tertiary/aromatic N) is 3. The molecular weight excluding hydrogens is 450 g/mol. The van der Waals surface area contributed by atoms with Gasteiger partial charge in [-0.2, -0.15) is 0 Å². The Morgan fingerprint density at radius 3 is 2.69 bits per heavy atom.